The first-order valence-corrected chi connectivity index (χ1v) is 7.87. The van der Waals surface area contributed by atoms with Gasteiger partial charge in [0.2, 0.25) is 5.91 Å². The Morgan fingerprint density at radius 2 is 2.00 bits per heavy atom. The molecule has 2 rings (SSSR count). The fourth-order valence-electron chi connectivity index (χ4n) is 2.73. The molecule has 1 atom stereocenters. The highest BCUT2D eigenvalue weighted by atomic mass is 16.5. The van der Waals surface area contributed by atoms with Crippen LogP contribution < -0.4 is 16.6 Å². The predicted octanol–water partition coefficient (Wildman–Crippen LogP) is -0.859. The second-order valence-electron chi connectivity index (χ2n) is 5.89. The van der Waals surface area contributed by atoms with Crippen molar-refractivity contribution in [1.82, 2.24) is 20.2 Å². The molecule has 1 saturated heterocycles. The first-order chi connectivity index (χ1) is 11.0. The maximum absolute atomic E-state index is 12.0. The highest BCUT2D eigenvalue weighted by Gasteiger charge is 2.16. The van der Waals surface area contributed by atoms with Gasteiger partial charge >= 0.3 is 5.69 Å². The first kappa shape index (κ1) is 17.4. The number of morpholine rings is 1. The highest BCUT2D eigenvalue weighted by molar-refractivity contribution is 5.76. The number of rotatable bonds is 6. The zero-order valence-electron chi connectivity index (χ0n) is 13.6. The van der Waals surface area contributed by atoms with Gasteiger partial charge in [0.25, 0.3) is 5.56 Å². The van der Waals surface area contributed by atoms with Gasteiger partial charge in [0.1, 0.15) is 0 Å². The molecule has 0 radical (unpaired) electrons. The minimum Gasteiger partial charge on any atom is -0.379 e. The predicted molar refractivity (Wildman–Crippen MR) is 85.6 cm³/mol. The van der Waals surface area contributed by atoms with Gasteiger partial charge in [0.05, 0.1) is 13.2 Å². The number of H-pyrrole nitrogens is 2. The molecule has 0 saturated carbocycles. The lowest BCUT2D eigenvalue weighted by molar-refractivity contribution is -0.121. The Morgan fingerprint density at radius 1 is 1.30 bits per heavy atom. The molecule has 1 unspecified atom stereocenters. The number of hydrogen-bond donors (Lipinski definition) is 3. The smallest absolute Gasteiger partial charge is 0.325 e. The largest absolute Gasteiger partial charge is 0.379 e. The van der Waals surface area contributed by atoms with Gasteiger partial charge in [-0.3, -0.25) is 19.5 Å². The monoisotopic (exact) mass is 324 g/mol. The Balaban J connectivity index is 1.80. The minimum absolute atomic E-state index is 0.0376. The molecule has 128 valence electrons. The highest BCUT2D eigenvalue weighted by Crippen LogP contribution is 2.02. The van der Waals surface area contributed by atoms with Crippen LogP contribution in [0.5, 0.6) is 0 Å². The first-order valence-electron chi connectivity index (χ1n) is 7.87. The third-order valence-electron chi connectivity index (χ3n) is 3.90. The van der Waals surface area contributed by atoms with E-state index in [9.17, 15) is 14.4 Å². The summed E-state index contributed by atoms with van der Waals surface area (Å²) >= 11 is 0. The summed E-state index contributed by atoms with van der Waals surface area (Å²) in [4.78, 5) is 41.9. The quantitative estimate of drug-likeness (QED) is 0.631. The van der Waals surface area contributed by atoms with Crippen molar-refractivity contribution < 1.29 is 9.53 Å². The van der Waals surface area contributed by atoms with E-state index in [0.29, 0.717) is 17.7 Å². The van der Waals surface area contributed by atoms with Crippen molar-refractivity contribution in [2.24, 2.45) is 0 Å². The Labute approximate surface area is 134 Å². The number of carbonyl (C=O) groups is 1. The van der Waals surface area contributed by atoms with Crippen molar-refractivity contribution in [3.8, 4) is 0 Å². The molecule has 1 amide bonds. The third kappa shape index (κ3) is 5.33. The number of aromatic amines is 2. The lowest BCUT2D eigenvalue weighted by Crippen LogP contribution is -2.46. The molecule has 1 aliphatic rings. The van der Waals surface area contributed by atoms with Crippen LogP contribution in [-0.4, -0.2) is 59.7 Å². The summed E-state index contributed by atoms with van der Waals surface area (Å²) in [6.45, 7) is 7.63. The van der Waals surface area contributed by atoms with E-state index in [1.54, 1.807) is 6.92 Å². The topological polar surface area (TPSA) is 107 Å². The second kappa shape index (κ2) is 8.07. The molecule has 8 heteroatoms. The van der Waals surface area contributed by atoms with E-state index >= 15 is 0 Å². The van der Waals surface area contributed by atoms with E-state index in [1.165, 1.54) is 0 Å². The number of hydrogen-bond acceptors (Lipinski definition) is 5. The average molecular weight is 324 g/mol. The van der Waals surface area contributed by atoms with Crippen molar-refractivity contribution >= 4 is 5.91 Å². The zero-order valence-corrected chi connectivity index (χ0v) is 13.6. The van der Waals surface area contributed by atoms with Gasteiger partial charge in [0, 0.05) is 43.4 Å². The summed E-state index contributed by atoms with van der Waals surface area (Å²) in [6.07, 6.45) is 0.511. The lowest BCUT2D eigenvalue weighted by atomic mass is 10.1. The average Bonchev–Trinajstić information content (AvgIpc) is 2.46. The third-order valence-corrected chi connectivity index (χ3v) is 3.90. The van der Waals surface area contributed by atoms with E-state index in [-0.39, 0.29) is 18.4 Å². The normalized spacial score (nSPS) is 17.0. The van der Waals surface area contributed by atoms with Gasteiger partial charge in [-0.25, -0.2) is 4.79 Å². The van der Waals surface area contributed by atoms with Gasteiger partial charge < -0.3 is 15.0 Å². The van der Waals surface area contributed by atoms with E-state index in [4.69, 9.17) is 4.74 Å². The number of amides is 1. The molecule has 1 aromatic heterocycles. The summed E-state index contributed by atoms with van der Waals surface area (Å²) in [5.74, 6) is -0.101. The van der Waals surface area contributed by atoms with Crippen molar-refractivity contribution in [2.75, 3.05) is 32.8 Å². The lowest BCUT2D eigenvalue weighted by Gasteiger charge is -2.29. The van der Waals surface area contributed by atoms with Gasteiger partial charge in [-0.2, -0.15) is 0 Å². The maximum Gasteiger partial charge on any atom is 0.325 e. The number of nitrogens with one attached hydrogen (secondary N) is 3. The fraction of sp³-hybridized carbons (Fsp3) is 0.667. The SMILES string of the molecule is Cc1[nH]c(=O)[nH]c(=O)c1CCC(=O)NC(C)CN1CCOCC1. The number of nitrogens with zero attached hydrogens (tertiary/aromatic N) is 1. The molecule has 1 aliphatic heterocycles. The van der Waals surface area contributed by atoms with Crippen molar-refractivity contribution in [1.29, 1.82) is 0 Å². The Kier molecular flexibility index (Phi) is 6.12. The van der Waals surface area contributed by atoms with Crippen molar-refractivity contribution in [3.05, 3.63) is 32.1 Å². The summed E-state index contributed by atoms with van der Waals surface area (Å²) in [6, 6.07) is 0.0376. The van der Waals surface area contributed by atoms with Crippen molar-refractivity contribution in [2.45, 2.75) is 32.7 Å². The molecule has 1 aromatic rings. The van der Waals surface area contributed by atoms with Gasteiger partial charge in [-0.1, -0.05) is 0 Å². The number of aryl methyl sites for hydroxylation is 1. The van der Waals surface area contributed by atoms with Gasteiger partial charge in [-0.05, 0) is 20.3 Å². The Hall–Kier alpha value is -1.93. The van der Waals surface area contributed by atoms with Crippen LogP contribution in [0.1, 0.15) is 24.6 Å². The van der Waals surface area contributed by atoms with Crippen LogP contribution in [-0.2, 0) is 16.0 Å². The standard InChI is InChI=1S/C15H24N4O4/c1-10(9-19-5-7-23-8-6-19)16-13(20)4-3-12-11(2)17-15(22)18-14(12)21/h10H,3-9H2,1-2H3,(H,16,20)(H2,17,18,21,22). The molecular weight excluding hydrogens is 300 g/mol. The molecule has 2 heterocycles. The van der Waals surface area contributed by atoms with Crippen LogP contribution in [0, 0.1) is 6.92 Å². The van der Waals surface area contributed by atoms with E-state index < -0.39 is 11.2 Å². The molecule has 0 aliphatic carbocycles. The second-order valence-corrected chi connectivity index (χ2v) is 5.89. The van der Waals surface area contributed by atoms with Crippen LogP contribution >= 0.6 is 0 Å². The number of carbonyl (C=O) groups excluding carboxylic acids is 1. The molecule has 23 heavy (non-hydrogen) atoms. The van der Waals surface area contributed by atoms with Crippen LogP contribution in [0.4, 0.5) is 0 Å². The van der Waals surface area contributed by atoms with Crippen LogP contribution in [0.3, 0.4) is 0 Å². The zero-order chi connectivity index (χ0) is 16.8. The summed E-state index contributed by atoms with van der Waals surface area (Å²) in [5.41, 5.74) is -0.00579. The molecule has 0 aromatic carbocycles. The van der Waals surface area contributed by atoms with Crippen LogP contribution in [0.2, 0.25) is 0 Å². The molecule has 3 N–H and O–H groups in total. The van der Waals surface area contributed by atoms with E-state index in [2.05, 4.69) is 20.2 Å². The molecule has 0 bridgehead atoms. The summed E-state index contributed by atoms with van der Waals surface area (Å²) in [5, 5.41) is 2.94. The molecule has 0 spiro atoms. The van der Waals surface area contributed by atoms with Crippen LogP contribution in [0.25, 0.3) is 0 Å². The Bertz CT molecular complexity index is 646. The van der Waals surface area contributed by atoms with Gasteiger partial charge in [-0.15, -0.1) is 0 Å². The molecule has 1 fully saturated rings. The Morgan fingerprint density at radius 3 is 2.65 bits per heavy atom. The number of aromatic nitrogens is 2. The van der Waals surface area contributed by atoms with Gasteiger partial charge in [0.15, 0.2) is 0 Å². The number of ether oxygens (including phenoxy) is 1. The van der Waals surface area contributed by atoms with Crippen LogP contribution in [0.15, 0.2) is 9.59 Å². The molecular formula is C15H24N4O4. The minimum atomic E-state index is -0.528. The maximum atomic E-state index is 12.0. The van der Waals surface area contributed by atoms with E-state index in [1.807, 2.05) is 6.92 Å². The van der Waals surface area contributed by atoms with Crippen molar-refractivity contribution in [3.63, 3.8) is 0 Å². The summed E-state index contributed by atoms with van der Waals surface area (Å²) < 4.78 is 5.29. The fourth-order valence-corrected chi connectivity index (χ4v) is 2.73. The van der Waals surface area contributed by atoms with E-state index in [0.717, 1.165) is 32.8 Å². The summed E-state index contributed by atoms with van der Waals surface area (Å²) in [7, 11) is 0. The molecule has 8 nitrogen and oxygen atoms in total.